The van der Waals surface area contributed by atoms with E-state index in [4.69, 9.17) is 4.42 Å². The van der Waals surface area contributed by atoms with Crippen LogP contribution in [-0.4, -0.2) is 29.2 Å². The maximum atomic E-state index is 14.0. The van der Waals surface area contributed by atoms with Gasteiger partial charge in [-0.05, 0) is 36.6 Å². The molecule has 1 aromatic heterocycles. The highest BCUT2D eigenvalue weighted by molar-refractivity contribution is 5.94. The quantitative estimate of drug-likeness (QED) is 0.729. The molecule has 2 heterocycles. The van der Waals surface area contributed by atoms with Crippen molar-refractivity contribution < 1.29 is 18.0 Å². The first-order valence-corrected chi connectivity index (χ1v) is 9.01. The molecule has 0 aliphatic carbocycles. The standard InChI is InChI=1S/C20H18F2N4O2/c21-14-8-9-16(22)15(12-14)18(27)23-17(13-6-2-1-3-7-13)19-24-25-20(28-19)26-10-4-5-11-26/h1-3,6-9,12,17H,4-5,10-11H2,(H,23,27). The second-order valence-electron chi connectivity index (χ2n) is 6.56. The number of nitrogens with zero attached hydrogens (tertiary/aromatic N) is 3. The summed E-state index contributed by atoms with van der Waals surface area (Å²) in [6, 6.07) is 11.3. The molecule has 3 aromatic rings. The maximum Gasteiger partial charge on any atom is 0.318 e. The number of halogens is 2. The third-order valence-electron chi connectivity index (χ3n) is 4.63. The molecule has 1 saturated heterocycles. The molecule has 1 aliphatic heterocycles. The number of aromatic nitrogens is 2. The number of hydrogen-bond donors (Lipinski definition) is 1. The van der Waals surface area contributed by atoms with Crippen LogP contribution in [0.15, 0.2) is 52.9 Å². The molecule has 4 rings (SSSR count). The number of carbonyl (C=O) groups excluding carboxylic acids is 1. The molecule has 144 valence electrons. The second kappa shape index (κ2) is 7.75. The summed E-state index contributed by atoms with van der Waals surface area (Å²) in [6.07, 6.45) is 2.10. The molecule has 1 amide bonds. The lowest BCUT2D eigenvalue weighted by Gasteiger charge is -2.16. The molecule has 6 nitrogen and oxygen atoms in total. The van der Waals surface area contributed by atoms with Gasteiger partial charge >= 0.3 is 6.01 Å². The van der Waals surface area contributed by atoms with Crippen molar-refractivity contribution in [1.82, 2.24) is 15.5 Å². The second-order valence-corrected chi connectivity index (χ2v) is 6.56. The minimum absolute atomic E-state index is 0.179. The van der Waals surface area contributed by atoms with Crippen LogP contribution in [0.1, 0.15) is 40.7 Å². The van der Waals surface area contributed by atoms with Gasteiger partial charge in [-0.25, -0.2) is 8.78 Å². The molecular formula is C20H18F2N4O2. The minimum Gasteiger partial charge on any atom is -0.405 e. The topological polar surface area (TPSA) is 71.3 Å². The normalized spacial score (nSPS) is 14.9. The van der Waals surface area contributed by atoms with Gasteiger partial charge in [0.25, 0.3) is 5.91 Å². The summed E-state index contributed by atoms with van der Waals surface area (Å²) in [4.78, 5) is 14.6. The van der Waals surface area contributed by atoms with E-state index in [1.807, 2.05) is 11.0 Å². The van der Waals surface area contributed by atoms with Crippen LogP contribution < -0.4 is 10.2 Å². The molecule has 1 fully saturated rings. The van der Waals surface area contributed by atoms with Gasteiger partial charge in [0.1, 0.15) is 17.7 Å². The summed E-state index contributed by atoms with van der Waals surface area (Å²) in [7, 11) is 0. The van der Waals surface area contributed by atoms with Crippen LogP contribution in [0.5, 0.6) is 0 Å². The van der Waals surface area contributed by atoms with E-state index in [0.717, 1.165) is 44.1 Å². The van der Waals surface area contributed by atoms with Crippen molar-refractivity contribution in [1.29, 1.82) is 0 Å². The third-order valence-corrected chi connectivity index (χ3v) is 4.63. The van der Waals surface area contributed by atoms with Gasteiger partial charge in [0.2, 0.25) is 5.89 Å². The van der Waals surface area contributed by atoms with Crippen molar-refractivity contribution in [3.63, 3.8) is 0 Å². The monoisotopic (exact) mass is 384 g/mol. The van der Waals surface area contributed by atoms with Crippen LogP contribution in [0, 0.1) is 11.6 Å². The molecule has 8 heteroatoms. The van der Waals surface area contributed by atoms with E-state index >= 15 is 0 Å². The molecule has 0 spiro atoms. The van der Waals surface area contributed by atoms with Gasteiger partial charge in [-0.15, -0.1) is 5.10 Å². The fourth-order valence-corrected chi connectivity index (χ4v) is 3.19. The molecule has 1 unspecified atom stereocenters. The minimum atomic E-state index is -0.811. The lowest BCUT2D eigenvalue weighted by molar-refractivity contribution is 0.0933. The van der Waals surface area contributed by atoms with E-state index in [1.165, 1.54) is 0 Å². The predicted octanol–water partition coefficient (Wildman–Crippen LogP) is 3.47. The molecule has 1 atom stereocenters. The van der Waals surface area contributed by atoms with E-state index in [-0.39, 0.29) is 11.5 Å². The van der Waals surface area contributed by atoms with Crippen molar-refractivity contribution in [3.8, 4) is 0 Å². The number of anilines is 1. The Labute approximate surface area is 160 Å². The summed E-state index contributed by atoms with van der Waals surface area (Å²) in [6.45, 7) is 1.66. The highest BCUT2D eigenvalue weighted by Gasteiger charge is 2.27. The van der Waals surface area contributed by atoms with Crippen LogP contribution in [0.2, 0.25) is 0 Å². The van der Waals surface area contributed by atoms with Crippen LogP contribution in [0.3, 0.4) is 0 Å². The van der Waals surface area contributed by atoms with Gasteiger partial charge in [0.05, 0.1) is 5.56 Å². The van der Waals surface area contributed by atoms with E-state index < -0.39 is 23.6 Å². The molecule has 0 bridgehead atoms. The van der Waals surface area contributed by atoms with Gasteiger partial charge in [0, 0.05) is 13.1 Å². The summed E-state index contributed by atoms with van der Waals surface area (Å²) in [5, 5.41) is 10.8. The molecule has 28 heavy (non-hydrogen) atoms. The summed E-state index contributed by atoms with van der Waals surface area (Å²) >= 11 is 0. The fourth-order valence-electron chi connectivity index (χ4n) is 3.19. The number of amides is 1. The molecule has 1 N–H and O–H groups in total. The van der Waals surface area contributed by atoms with Gasteiger partial charge < -0.3 is 14.6 Å². The van der Waals surface area contributed by atoms with Crippen molar-refractivity contribution >= 4 is 11.9 Å². The first-order valence-electron chi connectivity index (χ1n) is 9.01. The Hall–Kier alpha value is -3.29. The van der Waals surface area contributed by atoms with Gasteiger partial charge in [-0.1, -0.05) is 35.4 Å². The Morgan fingerprint density at radius 3 is 2.57 bits per heavy atom. The van der Waals surface area contributed by atoms with Crippen molar-refractivity contribution in [2.24, 2.45) is 0 Å². The van der Waals surface area contributed by atoms with Gasteiger partial charge in [-0.3, -0.25) is 4.79 Å². The lowest BCUT2D eigenvalue weighted by atomic mass is 10.1. The SMILES string of the molecule is O=C(NC(c1ccccc1)c1nnc(N2CCCC2)o1)c1cc(F)ccc1F. The van der Waals surface area contributed by atoms with E-state index in [2.05, 4.69) is 15.5 Å². The zero-order valence-corrected chi connectivity index (χ0v) is 14.9. The maximum absolute atomic E-state index is 14.0. The number of nitrogens with one attached hydrogen (secondary N) is 1. The van der Waals surface area contributed by atoms with Crippen LogP contribution >= 0.6 is 0 Å². The van der Waals surface area contributed by atoms with E-state index in [9.17, 15) is 13.6 Å². The Morgan fingerprint density at radius 1 is 1.07 bits per heavy atom. The summed E-state index contributed by atoms with van der Waals surface area (Å²) < 4.78 is 33.3. The summed E-state index contributed by atoms with van der Waals surface area (Å²) in [5.74, 6) is -2.10. The van der Waals surface area contributed by atoms with Crippen LogP contribution in [-0.2, 0) is 0 Å². The average molecular weight is 384 g/mol. The lowest BCUT2D eigenvalue weighted by Crippen LogP contribution is -2.30. The first-order chi connectivity index (χ1) is 13.6. The van der Waals surface area contributed by atoms with Crippen molar-refractivity contribution in [2.45, 2.75) is 18.9 Å². The zero-order valence-electron chi connectivity index (χ0n) is 14.9. The molecule has 2 aromatic carbocycles. The van der Waals surface area contributed by atoms with Crippen LogP contribution in [0.25, 0.3) is 0 Å². The Kier molecular flexibility index (Phi) is 5.01. The molecule has 0 saturated carbocycles. The van der Waals surface area contributed by atoms with E-state index in [1.54, 1.807) is 24.3 Å². The smallest absolute Gasteiger partial charge is 0.318 e. The number of carbonyl (C=O) groups is 1. The molecule has 1 aliphatic rings. The first kappa shape index (κ1) is 18.1. The largest absolute Gasteiger partial charge is 0.405 e. The van der Waals surface area contributed by atoms with Crippen molar-refractivity contribution in [2.75, 3.05) is 18.0 Å². The third kappa shape index (κ3) is 3.71. The predicted molar refractivity (Wildman–Crippen MR) is 97.9 cm³/mol. The van der Waals surface area contributed by atoms with Crippen LogP contribution in [0.4, 0.5) is 14.8 Å². The average Bonchev–Trinajstić information content (AvgIpc) is 3.40. The number of rotatable bonds is 5. The van der Waals surface area contributed by atoms with Crippen molar-refractivity contribution in [3.05, 3.63) is 77.2 Å². The highest BCUT2D eigenvalue weighted by Crippen LogP contribution is 2.26. The van der Waals surface area contributed by atoms with Gasteiger partial charge in [-0.2, -0.15) is 0 Å². The Morgan fingerprint density at radius 2 is 1.82 bits per heavy atom. The molecule has 0 radical (unpaired) electrons. The number of benzene rings is 2. The van der Waals surface area contributed by atoms with E-state index in [0.29, 0.717) is 11.6 Å². The number of hydrogen-bond acceptors (Lipinski definition) is 5. The fraction of sp³-hybridized carbons (Fsp3) is 0.250. The Balaban J connectivity index is 1.65. The summed E-state index contributed by atoms with van der Waals surface area (Å²) in [5.41, 5.74) is 0.296. The molecular weight excluding hydrogens is 366 g/mol. The Bertz CT molecular complexity index is 971. The zero-order chi connectivity index (χ0) is 19.5. The van der Waals surface area contributed by atoms with Gasteiger partial charge in [0.15, 0.2) is 0 Å². The highest BCUT2D eigenvalue weighted by atomic mass is 19.1.